The molecule has 1 aliphatic heterocycles. The molecule has 5 nitrogen and oxygen atoms in total. The third-order valence-electron chi connectivity index (χ3n) is 4.46. The van der Waals surface area contributed by atoms with E-state index in [0.29, 0.717) is 10.5 Å². The minimum Gasteiger partial charge on any atom is -0.394 e. The molecule has 2 rings (SSSR count). The Hall–Kier alpha value is -0.413. The number of benzene rings is 1. The second-order valence-electron chi connectivity index (χ2n) is 7.28. The average molecular weight is 372 g/mol. The van der Waals surface area contributed by atoms with Gasteiger partial charge in [-0.25, -0.2) is 0 Å². The van der Waals surface area contributed by atoms with Crippen LogP contribution in [-0.2, 0) is 14.9 Å². The number of hydrogen-bond acceptors (Lipinski definition) is 6. The summed E-state index contributed by atoms with van der Waals surface area (Å²) >= 11 is 4.51. The van der Waals surface area contributed by atoms with Crippen molar-refractivity contribution in [2.45, 2.75) is 67.8 Å². The molecule has 3 N–H and O–H groups in total. The molecular weight excluding hydrogens is 344 g/mol. The molecule has 0 spiro atoms. The van der Waals surface area contributed by atoms with Crippen LogP contribution in [0.15, 0.2) is 29.2 Å². The summed E-state index contributed by atoms with van der Waals surface area (Å²) in [5, 5.41) is 29.9. The first-order valence-corrected chi connectivity index (χ1v) is 10.4. The first-order chi connectivity index (χ1) is 11.1. The van der Waals surface area contributed by atoms with Crippen molar-refractivity contribution in [3.63, 3.8) is 0 Å². The number of ether oxygens (including phenoxy) is 1. The maximum absolute atomic E-state index is 10.3. The summed E-state index contributed by atoms with van der Waals surface area (Å²) in [4.78, 5) is 0.682. The first kappa shape index (κ1) is 19.9. The number of rotatable bonds is 4. The fourth-order valence-electron chi connectivity index (χ4n) is 2.64. The Bertz CT molecular complexity index is 564. The summed E-state index contributed by atoms with van der Waals surface area (Å²) in [6.45, 7) is 7.93. The van der Waals surface area contributed by atoms with Crippen LogP contribution in [0, 0.1) is 0 Å². The molecule has 1 radical (unpaired) electrons. The minimum atomic E-state index is -1.33. The Kier molecular flexibility index (Phi) is 6.18. The standard InChI is InChI=1S/C17H27O5SSi/c1-16(2,3)24(4)22-17(11-7-5-6-8-14(11)23)9-12(19)15(20)13(10-18)21-17/h5-8,12-13,15,18-20,23H,9-10H2,1-4H3/t12-,13-,15+,17-/m0/s1. The fourth-order valence-corrected chi connectivity index (χ4v) is 4.01. The van der Waals surface area contributed by atoms with Gasteiger partial charge in [-0.15, -0.1) is 12.6 Å². The summed E-state index contributed by atoms with van der Waals surface area (Å²) in [6.07, 6.45) is -3.05. The highest BCUT2D eigenvalue weighted by Crippen LogP contribution is 2.44. The van der Waals surface area contributed by atoms with Crippen molar-refractivity contribution in [3.05, 3.63) is 29.8 Å². The highest BCUT2D eigenvalue weighted by Gasteiger charge is 2.50. The normalized spacial score (nSPS) is 31.5. The molecule has 135 valence electrons. The molecule has 1 heterocycles. The van der Waals surface area contributed by atoms with Gasteiger partial charge in [0.05, 0.1) is 12.7 Å². The van der Waals surface area contributed by atoms with Gasteiger partial charge >= 0.3 is 0 Å². The van der Waals surface area contributed by atoms with E-state index in [-0.39, 0.29) is 11.5 Å². The molecule has 1 fully saturated rings. The molecule has 1 aromatic carbocycles. The number of aliphatic hydroxyl groups is 3. The van der Waals surface area contributed by atoms with E-state index in [9.17, 15) is 15.3 Å². The van der Waals surface area contributed by atoms with Gasteiger partial charge in [-0.05, 0) is 17.7 Å². The molecule has 24 heavy (non-hydrogen) atoms. The van der Waals surface area contributed by atoms with Gasteiger partial charge in [-0.2, -0.15) is 0 Å². The Morgan fingerprint density at radius 1 is 1.33 bits per heavy atom. The van der Waals surface area contributed by atoms with Gasteiger partial charge in [0.25, 0.3) is 0 Å². The van der Waals surface area contributed by atoms with Crippen LogP contribution in [0.4, 0.5) is 0 Å². The molecule has 4 atom stereocenters. The zero-order valence-corrected chi connectivity index (χ0v) is 16.5. The third kappa shape index (κ3) is 4.04. The predicted molar refractivity (Wildman–Crippen MR) is 96.4 cm³/mol. The van der Waals surface area contributed by atoms with Crippen LogP contribution < -0.4 is 0 Å². The molecular formula is C17H27O5SSi. The highest BCUT2D eigenvalue weighted by molar-refractivity contribution is 7.80. The Balaban J connectivity index is 2.48. The van der Waals surface area contributed by atoms with Crippen LogP contribution in [0.3, 0.4) is 0 Å². The Labute approximate surface area is 150 Å². The Morgan fingerprint density at radius 2 is 1.96 bits per heavy atom. The van der Waals surface area contributed by atoms with E-state index in [0.717, 1.165) is 0 Å². The topological polar surface area (TPSA) is 79.2 Å². The van der Waals surface area contributed by atoms with E-state index in [1.165, 1.54) is 0 Å². The molecule has 1 aliphatic rings. The SMILES string of the molecule is C[Si](O[C@]1(c2ccccc2S)C[C@H](O)[C@@H](O)[C@H](CO)O1)C(C)(C)C. The molecule has 0 aliphatic carbocycles. The highest BCUT2D eigenvalue weighted by atomic mass is 32.1. The predicted octanol–water partition coefficient (Wildman–Crippen LogP) is 2.07. The van der Waals surface area contributed by atoms with Crippen molar-refractivity contribution in [3.8, 4) is 0 Å². The van der Waals surface area contributed by atoms with Gasteiger partial charge in [0.1, 0.15) is 12.2 Å². The van der Waals surface area contributed by atoms with Crippen LogP contribution in [0.2, 0.25) is 11.6 Å². The van der Waals surface area contributed by atoms with Crippen molar-refractivity contribution in [2.75, 3.05) is 6.61 Å². The van der Waals surface area contributed by atoms with Gasteiger partial charge in [-0.1, -0.05) is 39.0 Å². The lowest BCUT2D eigenvalue weighted by Gasteiger charge is -2.47. The van der Waals surface area contributed by atoms with Gasteiger partial charge in [-0.3, -0.25) is 0 Å². The second-order valence-corrected chi connectivity index (χ2v) is 10.6. The number of hydrogen-bond donors (Lipinski definition) is 4. The van der Waals surface area contributed by atoms with Crippen molar-refractivity contribution >= 4 is 21.7 Å². The maximum atomic E-state index is 10.3. The number of thiol groups is 1. The lowest BCUT2D eigenvalue weighted by molar-refractivity contribution is -0.304. The third-order valence-corrected chi connectivity index (χ3v) is 7.60. The van der Waals surface area contributed by atoms with Crippen molar-refractivity contribution in [1.29, 1.82) is 0 Å². The number of aliphatic hydroxyl groups excluding tert-OH is 3. The monoisotopic (exact) mass is 371 g/mol. The summed E-state index contributed by atoms with van der Waals surface area (Å²) in [7, 11) is -1.33. The van der Waals surface area contributed by atoms with Crippen molar-refractivity contribution in [1.82, 2.24) is 0 Å². The quantitative estimate of drug-likeness (QED) is 0.481. The summed E-state index contributed by atoms with van der Waals surface area (Å²) in [5.41, 5.74) is 0.700. The maximum Gasteiger partial charge on any atom is 0.218 e. The van der Waals surface area contributed by atoms with Crippen LogP contribution in [-0.4, -0.2) is 49.3 Å². The second kappa shape index (κ2) is 7.45. The minimum absolute atomic E-state index is 0.0533. The summed E-state index contributed by atoms with van der Waals surface area (Å²) in [6, 6.07) is 7.39. The van der Waals surface area contributed by atoms with E-state index in [1.807, 2.05) is 30.8 Å². The molecule has 0 aromatic heterocycles. The molecule has 1 saturated heterocycles. The lowest BCUT2D eigenvalue weighted by Crippen LogP contribution is -2.57. The zero-order chi connectivity index (χ0) is 18.1. The molecule has 1 aromatic rings. The van der Waals surface area contributed by atoms with Crippen LogP contribution in [0.1, 0.15) is 32.8 Å². The van der Waals surface area contributed by atoms with Crippen LogP contribution >= 0.6 is 12.6 Å². The molecule has 0 bridgehead atoms. The average Bonchev–Trinajstić information content (AvgIpc) is 2.50. The van der Waals surface area contributed by atoms with E-state index in [1.54, 1.807) is 0 Å². The zero-order valence-electron chi connectivity index (χ0n) is 14.6. The van der Waals surface area contributed by atoms with Gasteiger partial charge < -0.3 is 24.5 Å². The summed E-state index contributed by atoms with van der Waals surface area (Å²) in [5.74, 6) is -1.24. The molecule has 0 saturated carbocycles. The molecule has 7 heteroatoms. The smallest absolute Gasteiger partial charge is 0.218 e. The van der Waals surface area contributed by atoms with E-state index in [2.05, 4.69) is 33.4 Å². The van der Waals surface area contributed by atoms with Crippen LogP contribution in [0.5, 0.6) is 0 Å². The molecule has 0 unspecified atom stereocenters. The van der Waals surface area contributed by atoms with E-state index in [4.69, 9.17) is 9.16 Å². The van der Waals surface area contributed by atoms with Gasteiger partial charge in [0.15, 0.2) is 5.79 Å². The first-order valence-electron chi connectivity index (χ1n) is 8.07. The van der Waals surface area contributed by atoms with Crippen LogP contribution in [0.25, 0.3) is 0 Å². The van der Waals surface area contributed by atoms with E-state index >= 15 is 0 Å². The molecule has 0 amide bonds. The lowest BCUT2D eigenvalue weighted by atomic mass is 9.91. The van der Waals surface area contributed by atoms with Crippen molar-refractivity contribution < 1.29 is 24.5 Å². The van der Waals surface area contributed by atoms with Gasteiger partial charge in [0.2, 0.25) is 9.04 Å². The van der Waals surface area contributed by atoms with Gasteiger partial charge in [0, 0.05) is 16.9 Å². The fraction of sp³-hybridized carbons (Fsp3) is 0.647. The van der Waals surface area contributed by atoms with Crippen molar-refractivity contribution in [2.24, 2.45) is 0 Å². The summed E-state index contributed by atoms with van der Waals surface area (Å²) < 4.78 is 12.4. The Morgan fingerprint density at radius 3 is 2.50 bits per heavy atom. The largest absolute Gasteiger partial charge is 0.394 e. The van der Waals surface area contributed by atoms with E-state index < -0.39 is 39.7 Å².